The van der Waals surface area contributed by atoms with Crippen molar-refractivity contribution >= 4 is 47.2 Å². The van der Waals surface area contributed by atoms with Gasteiger partial charge in [0, 0.05) is 11.3 Å². The number of hydrogen-bond donors (Lipinski definition) is 2. The number of aromatic nitrogens is 2. The Morgan fingerprint density at radius 3 is 2.46 bits per heavy atom. The van der Waals surface area contributed by atoms with E-state index < -0.39 is 7.14 Å². The van der Waals surface area contributed by atoms with Crippen molar-refractivity contribution in [1.82, 2.24) is 14.9 Å². The van der Waals surface area contributed by atoms with Gasteiger partial charge in [-0.05, 0) is 101 Å². The highest BCUT2D eigenvalue weighted by molar-refractivity contribution is 7.70. The Morgan fingerprint density at radius 2 is 1.81 bits per heavy atom. The van der Waals surface area contributed by atoms with Crippen molar-refractivity contribution in [2.75, 3.05) is 44.2 Å². The fourth-order valence-corrected chi connectivity index (χ4v) is 6.24. The second kappa shape index (κ2) is 11.4. The molecule has 198 valence electrons. The molecule has 0 saturated carbocycles. The lowest BCUT2D eigenvalue weighted by Crippen LogP contribution is -2.37. The molecule has 2 aromatic carbocycles. The number of aryl methyl sites for hydroxylation is 1. The zero-order valence-electron chi connectivity index (χ0n) is 22.5. The van der Waals surface area contributed by atoms with E-state index >= 15 is 0 Å². The first kappa shape index (κ1) is 27.4. The van der Waals surface area contributed by atoms with E-state index in [1.807, 2.05) is 24.3 Å². The summed E-state index contributed by atoms with van der Waals surface area (Å²) in [5, 5.41) is 7.66. The quantitative estimate of drug-likeness (QED) is 0.305. The van der Waals surface area contributed by atoms with E-state index in [9.17, 15) is 4.57 Å². The number of nitrogens with zero attached hydrogens (tertiary/aromatic N) is 3. The molecule has 0 unspecified atom stereocenters. The van der Waals surface area contributed by atoms with Gasteiger partial charge in [-0.3, -0.25) is 0 Å². The van der Waals surface area contributed by atoms with Crippen LogP contribution >= 0.6 is 18.7 Å². The van der Waals surface area contributed by atoms with E-state index in [1.54, 1.807) is 26.6 Å². The molecule has 37 heavy (non-hydrogen) atoms. The first-order chi connectivity index (χ1) is 17.6. The van der Waals surface area contributed by atoms with E-state index in [4.69, 9.17) is 16.3 Å². The molecule has 3 aromatic rings. The molecule has 0 amide bonds. The Kier molecular flexibility index (Phi) is 8.47. The summed E-state index contributed by atoms with van der Waals surface area (Å²) >= 11 is 6.42. The summed E-state index contributed by atoms with van der Waals surface area (Å²) in [7, 11) is -0.818. The third-order valence-corrected chi connectivity index (χ3v) is 8.84. The molecular formula is C28H37ClN5O2P. The Morgan fingerprint density at radius 1 is 1.11 bits per heavy atom. The Balaban J connectivity index is 1.57. The lowest BCUT2D eigenvalue weighted by molar-refractivity contribution is 0.171. The molecule has 0 aliphatic carbocycles. The lowest BCUT2D eigenvalue weighted by atomic mass is 9.86. The summed E-state index contributed by atoms with van der Waals surface area (Å²) in [6.07, 6.45) is 3.85. The zero-order chi connectivity index (χ0) is 26.7. The minimum absolute atomic E-state index is 0.369. The minimum atomic E-state index is -2.50. The fourth-order valence-electron chi connectivity index (χ4n) is 4.95. The molecule has 9 heteroatoms. The molecule has 4 rings (SSSR count). The van der Waals surface area contributed by atoms with E-state index in [-0.39, 0.29) is 0 Å². The van der Waals surface area contributed by atoms with Crippen LogP contribution in [-0.4, -0.2) is 54.4 Å². The van der Waals surface area contributed by atoms with Crippen LogP contribution in [0.4, 0.5) is 23.1 Å². The Bertz CT molecular complexity index is 1300. The summed E-state index contributed by atoms with van der Waals surface area (Å²) in [5.41, 5.74) is 4.06. The maximum Gasteiger partial charge on any atom is 0.229 e. The summed E-state index contributed by atoms with van der Waals surface area (Å²) < 4.78 is 18.5. The van der Waals surface area contributed by atoms with E-state index in [0.29, 0.717) is 34.4 Å². The second-order valence-electron chi connectivity index (χ2n) is 10.3. The van der Waals surface area contributed by atoms with Gasteiger partial charge in [-0.15, -0.1) is 0 Å². The predicted molar refractivity (Wildman–Crippen MR) is 156 cm³/mol. The van der Waals surface area contributed by atoms with Gasteiger partial charge in [0.05, 0.1) is 24.7 Å². The molecule has 0 bridgehead atoms. The van der Waals surface area contributed by atoms with Gasteiger partial charge in [0.15, 0.2) is 5.82 Å². The van der Waals surface area contributed by atoms with E-state index in [2.05, 4.69) is 58.4 Å². The van der Waals surface area contributed by atoms with Crippen molar-refractivity contribution in [3.63, 3.8) is 0 Å². The molecule has 2 heterocycles. The van der Waals surface area contributed by atoms with Crippen molar-refractivity contribution in [3.05, 3.63) is 58.7 Å². The summed E-state index contributed by atoms with van der Waals surface area (Å²) in [6.45, 7) is 12.4. The van der Waals surface area contributed by atoms with Crippen LogP contribution in [0.1, 0.15) is 43.7 Å². The third kappa shape index (κ3) is 6.46. The number of nitrogens with one attached hydrogen (secondary N) is 2. The highest BCUT2D eigenvalue weighted by Gasteiger charge is 2.24. The van der Waals surface area contributed by atoms with Crippen molar-refractivity contribution < 1.29 is 9.30 Å². The number of hydrogen-bond acceptors (Lipinski definition) is 7. The zero-order valence-corrected chi connectivity index (χ0v) is 24.2. The number of methoxy groups -OCH3 is 1. The molecule has 1 saturated heterocycles. The van der Waals surface area contributed by atoms with Crippen molar-refractivity contribution in [2.45, 2.75) is 45.6 Å². The van der Waals surface area contributed by atoms with Crippen molar-refractivity contribution in [1.29, 1.82) is 0 Å². The van der Waals surface area contributed by atoms with Crippen LogP contribution in [0, 0.1) is 6.92 Å². The number of rotatable bonds is 8. The van der Waals surface area contributed by atoms with E-state index in [1.165, 1.54) is 11.1 Å². The molecule has 0 radical (unpaired) electrons. The van der Waals surface area contributed by atoms with Crippen LogP contribution in [-0.2, 0) is 4.57 Å². The van der Waals surface area contributed by atoms with E-state index in [0.717, 1.165) is 42.7 Å². The van der Waals surface area contributed by atoms with Crippen LogP contribution in [0.3, 0.4) is 0 Å². The smallest absolute Gasteiger partial charge is 0.229 e. The molecular weight excluding hydrogens is 505 g/mol. The SMILES string of the molecule is COc1cc(C2CCN(C(C)C)CC2)c(C)cc1Nc1ncc(Cl)c(Nc2ccccc2P(C)(C)=O)n1. The first-order valence-corrected chi connectivity index (χ1v) is 15.7. The molecule has 1 fully saturated rings. The Labute approximate surface area is 225 Å². The number of para-hydroxylation sites is 1. The van der Waals surface area contributed by atoms with Gasteiger partial charge in [0.1, 0.15) is 17.9 Å². The molecule has 2 N–H and O–H groups in total. The van der Waals surface area contributed by atoms with Crippen molar-refractivity contribution in [3.8, 4) is 5.75 Å². The maximum atomic E-state index is 12.8. The lowest BCUT2D eigenvalue weighted by Gasteiger charge is -2.35. The van der Waals surface area contributed by atoms with Gasteiger partial charge in [-0.1, -0.05) is 23.7 Å². The van der Waals surface area contributed by atoms with Gasteiger partial charge >= 0.3 is 0 Å². The number of halogens is 1. The number of likely N-dealkylation sites (tertiary alicyclic amines) is 1. The number of piperidine rings is 1. The molecule has 1 aliphatic heterocycles. The first-order valence-electron chi connectivity index (χ1n) is 12.7. The molecule has 7 nitrogen and oxygen atoms in total. The monoisotopic (exact) mass is 541 g/mol. The largest absolute Gasteiger partial charge is 0.495 e. The van der Waals surface area contributed by atoms with Gasteiger partial charge in [0.2, 0.25) is 5.95 Å². The number of ether oxygens (including phenoxy) is 1. The van der Waals surface area contributed by atoms with Crippen LogP contribution in [0.2, 0.25) is 5.02 Å². The second-order valence-corrected chi connectivity index (χ2v) is 13.9. The fraction of sp³-hybridized carbons (Fsp3) is 0.429. The third-order valence-electron chi connectivity index (χ3n) is 7.02. The molecule has 0 spiro atoms. The standard InChI is InChI=1S/C28H37ClN5O2P/c1-18(2)34-13-11-20(12-14-34)21-16-25(36-4)24(15-19(21)3)32-28-30-17-22(29)27(33-28)31-23-9-7-8-10-26(23)37(5,6)35/h7-10,15-18,20H,11-14H2,1-6H3,(H2,30,31,32,33). The van der Waals surface area contributed by atoms with Crippen LogP contribution < -0.4 is 20.7 Å². The van der Waals surface area contributed by atoms with Crippen molar-refractivity contribution in [2.24, 2.45) is 0 Å². The van der Waals surface area contributed by atoms with Gasteiger partial charge < -0.3 is 24.8 Å². The molecule has 1 aliphatic rings. The molecule has 0 atom stereocenters. The minimum Gasteiger partial charge on any atom is -0.495 e. The average Bonchev–Trinajstić information content (AvgIpc) is 2.86. The Hall–Kier alpha value is -2.60. The van der Waals surface area contributed by atoms with Gasteiger partial charge in [-0.2, -0.15) is 4.98 Å². The number of benzene rings is 2. The van der Waals surface area contributed by atoms with Gasteiger partial charge in [-0.25, -0.2) is 4.98 Å². The summed E-state index contributed by atoms with van der Waals surface area (Å²) in [6, 6.07) is 12.3. The van der Waals surface area contributed by atoms with Gasteiger partial charge in [0.25, 0.3) is 0 Å². The highest BCUT2D eigenvalue weighted by atomic mass is 35.5. The average molecular weight is 542 g/mol. The number of anilines is 4. The van der Waals surface area contributed by atoms with Crippen LogP contribution in [0.15, 0.2) is 42.6 Å². The predicted octanol–water partition coefficient (Wildman–Crippen LogP) is 6.77. The van der Waals surface area contributed by atoms with Crippen LogP contribution in [0.25, 0.3) is 0 Å². The van der Waals surface area contributed by atoms with Crippen LogP contribution in [0.5, 0.6) is 5.75 Å². The summed E-state index contributed by atoms with van der Waals surface area (Å²) in [4.78, 5) is 11.5. The highest BCUT2D eigenvalue weighted by Crippen LogP contribution is 2.40. The normalized spacial score (nSPS) is 15.1. The maximum absolute atomic E-state index is 12.8. The topological polar surface area (TPSA) is 79.4 Å². The molecule has 1 aromatic heterocycles. The summed E-state index contributed by atoms with van der Waals surface area (Å²) in [5.74, 6) is 2.09.